The first-order chi connectivity index (χ1) is 15.2. The highest BCUT2D eigenvalue weighted by atomic mass is 16.5. The van der Waals surface area contributed by atoms with Gasteiger partial charge in [-0.1, -0.05) is 0 Å². The number of rotatable bonds is 3. The van der Waals surface area contributed by atoms with E-state index in [0.717, 1.165) is 12.7 Å². The Morgan fingerprint density at radius 2 is 1.84 bits per heavy atom. The van der Waals surface area contributed by atoms with Crippen LogP contribution in [0.15, 0.2) is 23.2 Å². The van der Waals surface area contributed by atoms with Crippen LogP contribution in [0.5, 0.6) is 5.75 Å². The Kier molecular flexibility index (Phi) is 5.87. The lowest BCUT2D eigenvalue weighted by molar-refractivity contribution is -0.137. The molecule has 9 nitrogen and oxygen atoms in total. The van der Waals surface area contributed by atoms with Gasteiger partial charge < -0.3 is 24.3 Å². The van der Waals surface area contributed by atoms with Crippen molar-refractivity contribution >= 4 is 25.0 Å². The number of likely N-dealkylation sites (tertiary alicyclic amines) is 1. The average molecular weight is 443 g/mol. The van der Waals surface area contributed by atoms with Crippen molar-refractivity contribution in [2.45, 2.75) is 32.8 Å². The molecule has 170 valence electrons. The molecule has 2 fully saturated rings. The SMILES string of the molecule is COCC1=C2B(O)O[C@H](c3cc(C)c(O)c(C)c3)C[C@H]2[C@H]2C(=O)N(C(=O)OC)C(=O)[C@H]2C1. The Balaban J connectivity index is 1.76. The molecule has 2 N–H and O–H groups in total. The molecule has 4 rings (SSSR count). The average Bonchev–Trinajstić information content (AvgIpc) is 3.01. The number of fused-ring (bicyclic) bond motifs is 3. The molecule has 0 saturated carbocycles. The topological polar surface area (TPSA) is 123 Å². The van der Waals surface area contributed by atoms with Gasteiger partial charge in [0, 0.05) is 7.11 Å². The van der Waals surface area contributed by atoms with E-state index >= 15 is 0 Å². The van der Waals surface area contributed by atoms with E-state index in [0.29, 0.717) is 33.5 Å². The monoisotopic (exact) mass is 443 g/mol. The minimum absolute atomic E-state index is 0.178. The molecule has 2 saturated heterocycles. The fourth-order valence-corrected chi connectivity index (χ4v) is 5.38. The predicted octanol–water partition coefficient (Wildman–Crippen LogP) is 1.82. The lowest BCUT2D eigenvalue weighted by Gasteiger charge is -2.42. The van der Waals surface area contributed by atoms with Gasteiger partial charge in [0.25, 0.3) is 0 Å². The maximum atomic E-state index is 13.2. The minimum Gasteiger partial charge on any atom is -0.507 e. The van der Waals surface area contributed by atoms with Crippen LogP contribution in [0.2, 0.25) is 0 Å². The molecule has 0 radical (unpaired) electrons. The Morgan fingerprint density at radius 3 is 2.44 bits per heavy atom. The Morgan fingerprint density at radius 1 is 1.19 bits per heavy atom. The second-order valence-electron chi connectivity index (χ2n) is 8.63. The number of phenols is 1. The number of hydrogen-bond donors (Lipinski definition) is 2. The summed E-state index contributed by atoms with van der Waals surface area (Å²) in [5.41, 5.74) is 3.35. The van der Waals surface area contributed by atoms with E-state index < -0.39 is 48.9 Å². The normalized spacial score (nSPS) is 27.5. The molecule has 1 aromatic carbocycles. The summed E-state index contributed by atoms with van der Waals surface area (Å²) in [6, 6.07) is 3.57. The first-order valence-corrected chi connectivity index (χ1v) is 10.5. The number of methoxy groups -OCH3 is 2. The summed E-state index contributed by atoms with van der Waals surface area (Å²) in [5.74, 6) is -3.04. The summed E-state index contributed by atoms with van der Waals surface area (Å²) < 4.78 is 15.9. The molecule has 0 unspecified atom stereocenters. The third kappa shape index (κ3) is 3.42. The van der Waals surface area contributed by atoms with E-state index in [1.54, 1.807) is 26.0 Å². The van der Waals surface area contributed by atoms with E-state index in [-0.39, 0.29) is 18.8 Å². The van der Waals surface area contributed by atoms with Crippen molar-refractivity contribution in [2.24, 2.45) is 17.8 Å². The summed E-state index contributed by atoms with van der Waals surface area (Å²) in [7, 11) is 1.35. The highest BCUT2D eigenvalue weighted by molar-refractivity contribution is 6.53. The van der Waals surface area contributed by atoms with Crippen LogP contribution in [-0.4, -0.2) is 60.9 Å². The van der Waals surface area contributed by atoms with Crippen molar-refractivity contribution in [2.75, 3.05) is 20.8 Å². The zero-order chi connectivity index (χ0) is 23.3. The van der Waals surface area contributed by atoms with Crippen molar-refractivity contribution in [1.29, 1.82) is 0 Å². The maximum Gasteiger partial charge on any atom is 0.487 e. The summed E-state index contributed by atoms with van der Waals surface area (Å²) in [5, 5.41) is 21.0. The number of allylic oxidation sites excluding steroid dienone is 1. The van der Waals surface area contributed by atoms with Crippen LogP contribution >= 0.6 is 0 Å². The third-order valence-electron chi connectivity index (χ3n) is 6.77. The van der Waals surface area contributed by atoms with Crippen LogP contribution in [0.25, 0.3) is 0 Å². The van der Waals surface area contributed by atoms with Gasteiger partial charge in [-0.15, -0.1) is 0 Å². The lowest BCUT2D eigenvalue weighted by atomic mass is 9.55. The molecule has 3 amide bonds. The van der Waals surface area contributed by atoms with Gasteiger partial charge in [-0.3, -0.25) is 9.59 Å². The highest BCUT2D eigenvalue weighted by Crippen LogP contribution is 2.51. The second kappa shape index (κ2) is 8.34. The highest BCUT2D eigenvalue weighted by Gasteiger charge is 2.59. The molecule has 0 spiro atoms. The van der Waals surface area contributed by atoms with Crippen molar-refractivity contribution in [1.82, 2.24) is 4.90 Å². The number of aryl methyl sites for hydroxylation is 2. The number of aromatic hydroxyl groups is 1. The van der Waals surface area contributed by atoms with Crippen LogP contribution in [0.4, 0.5) is 4.79 Å². The number of carbonyl (C=O) groups excluding carboxylic acids is 3. The van der Waals surface area contributed by atoms with Crippen molar-refractivity contribution in [3.8, 4) is 5.75 Å². The molecule has 3 aliphatic rings. The van der Waals surface area contributed by atoms with Crippen LogP contribution in [0.1, 0.15) is 35.6 Å². The third-order valence-corrected chi connectivity index (χ3v) is 6.77. The fraction of sp³-hybridized carbons (Fsp3) is 0.500. The summed E-state index contributed by atoms with van der Waals surface area (Å²) in [6.07, 6.45) is -1.03. The summed E-state index contributed by atoms with van der Waals surface area (Å²) >= 11 is 0. The molecule has 0 bridgehead atoms. The molecule has 32 heavy (non-hydrogen) atoms. The predicted molar refractivity (Wildman–Crippen MR) is 112 cm³/mol. The van der Waals surface area contributed by atoms with Gasteiger partial charge in [0.1, 0.15) is 5.75 Å². The van der Waals surface area contributed by atoms with Crippen LogP contribution in [0, 0.1) is 31.6 Å². The molecule has 1 aromatic rings. The fourth-order valence-electron chi connectivity index (χ4n) is 5.38. The largest absolute Gasteiger partial charge is 0.507 e. The number of ether oxygens (including phenoxy) is 2. The first kappa shape index (κ1) is 22.5. The quantitative estimate of drug-likeness (QED) is 0.536. The van der Waals surface area contributed by atoms with Crippen molar-refractivity contribution in [3.05, 3.63) is 39.9 Å². The van der Waals surface area contributed by atoms with E-state index in [9.17, 15) is 24.5 Å². The number of carbonyl (C=O) groups is 3. The number of imide groups is 3. The number of hydrogen-bond acceptors (Lipinski definition) is 8. The van der Waals surface area contributed by atoms with Gasteiger partial charge in [0.15, 0.2) is 0 Å². The van der Waals surface area contributed by atoms with Crippen molar-refractivity contribution in [3.63, 3.8) is 0 Å². The van der Waals surface area contributed by atoms with E-state index in [1.165, 1.54) is 7.11 Å². The summed E-state index contributed by atoms with van der Waals surface area (Å²) in [4.78, 5) is 38.8. The number of phenolic OH excluding ortho intramolecular Hbond substituents is 1. The molecule has 2 aliphatic heterocycles. The molecule has 4 atom stereocenters. The van der Waals surface area contributed by atoms with Gasteiger partial charge in [-0.25, -0.2) is 4.79 Å². The minimum atomic E-state index is -1.28. The molecule has 1 aliphatic carbocycles. The van der Waals surface area contributed by atoms with Crippen LogP contribution in [0.3, 0.4) is 0 Å². The number of amides is 3. The van der Waals surface area contributed by atoms with Gasteiger partial charge in [-0.2, -0.15) is 4.90 Å². The smallest absolute Gasteiger partial charge is 0.487 e. The van der Waals surface area contributed by atoms with Gasteiger partial charge in [-0.05, 0) is 72.5 Å². The standard InChI is InChI=1S/C22H26BNO8/c1-10-5-12(6-11(2)19(10)25)16-8-14-17-15(20(26)24(21(17)27)22(28)31-4)7-13(9-30-3)18(14)23(29)32-16/h5-6,14-17,25,29H,7-9H2,1-4H3/t14-,15-,16-,17+/m0/s1. The molecular weight excluding hydrogens is 417 g/mol. The first-order valence-electron chi connectivity index (χ1n) is 10.5. The Labute approximate surface area is 186 Å². The van der Waals surface area contributed by atoms with E-state index in [2.05, 4.69) is 4.74 Å². The van der Waals surface area contributed by atoms with Crippen molar-refractivity contribution < 1.29 is 38.6 Å². The van der Waals surface area contributed by atoms with Gasteiger partial charge in [0.05, 0.1) is 31.7 Å². The molecule has 0 aromatic heterocycles. The van der Waals surface area contributed by atoms with E-state index in [4.69, 9.17) is 9.39 Å². The number of benzene rings is 1. The van der Waals surface area contributed by atoms with E-state index in [1.807, 2.05) is 0 Å². The Bertz CT molecular complexity index is 998. The summed E-state index contributed by atoms with van der Waals surface area (Å²) in [6.45, 7) is 3.73. The molecular formula is C22H26BNO8. The lowest BCUT2D eigenvalue weighted by Crippen LogP contribution is -2.45. The molecule has 2 heterocycles. The zero-order valence-electron chi connectivity index (χ0n) is 18.5. The zero-order valence-corrected chi connectivity index (χ0v) is 18.5. The van der Waals surface area contributed by atoms with Gasteiger partial charge >= 0.3 is 13.2 Å². The van der Waals surface area contributed by atoms with Crippen LogP contribution in [-0.2, 0) is 23.7 Å². The van der Waals surface area contributed by atoms with Gasteiger partial charge in [0.2, 0.25) is 11.8 Å². The Hall–Kier alpha value is -2.69. The molecule has 10 heteroatoms. The maximum absolute atomic E-state index is 13.2. The second-order valence-corrected chi connectivity index (χ2v) is 8.63. The van der Waals surface area contributed by atoms with Crippen LogP contribution < -0.4 is 0 Å². The number of nitrogens with zero attached hydrogens (tertiary/aromatic N) is 1.